The molecule has 0 aliphatic rings. The molecule has 4 aromatic rings. The van der Waals surface area contributed by atoms with Crippen molar-refractivity contribution in [1.82, 2.24) is 9.97 Å². The van der Waals surface area contributed by atoms with Crippen LogP contribution >= 0.6 is 23.5 Å². The molecule has 0 saturated carbocycles. The van der Waals surface area contributed by atoms with Crippen LogP contribution in [0, 0.1) is 10.8 Å². The van der Waals surface area contributed by atoms with Crippen LogP contribution < -0.4 is 11.5 Å². The second-order valence-electron chi connectivity index (χ2n) is 6.70. The van der Waals surface area contributed by atoms with Gasteiger partial charge >= 0.3 is 0 Å². The second kappa shape index (κ2) is 8.73. The van der Waals surface area contributed by atoms with Crippen molar-refractivity contribution in [2.45, 2.75) is 11.5 Å². The number of nitrogens with one attached hydrogen (secondary N) is 2. The predicted octanol–water partition coefficient (Wildman–Crippen LogP) is 4.70. The van der Waals surface area contributed by atoms with Gasteiger partial charge in [0.2, 0.25) is 0 Å². The van der Waals surface area contributed by atoms with Gasteiger partial charge < -0.3 is 11.5 Å². The Bertz CT molecular complexity index is 1270. The second-order valence-corrected chi connectivity index (χ2v) is 8.73. The van der Waals surface area contributed by atoms with Crippen LogP contribution in [0.3, 0.4) is 0 Å². The third-order valence-electron chi connectivity index (χ3n) is 4.69. The Hall–Kier alpha value is -3.10. The van der Waals surface area contributed by atoms with E-state index >= 15 is 0 Å². The predicted molar refractivity (Wildman–Crippen MR) is 129 cm³/mol. The molecule has 0 amide bonds. The molecule has 2 aromatic heterocycles. The number of nitrogens with two attached hydrogens (primary N) is 2. The number of hydrogen-bond acceptors (Lipinski definition) is 6. The third-order valence-corrected chi connectivity index (χ3v) is 6.24. The fourth-order valence-electron chi connectivity index (χ4n) is 3.44. The minimum atomic E-state index is 0.0917. The summed E-state index contributed by atoms with van der Waals surface area (Å²) in [5, 5.41) is 17.3. The molecule has 150 valence electrons. The third kappa shape index (κ3) is 4.24. The van der Waals surface area contributed by atoms with E-state index in [0.29, 0.717) is 11.5 Å². The molecular weight excluding hydrogens is 412 g/mol. The standard InChI is InChI=1S/C22H20N6S2/c23-21(24)29-11-13-9-14-3-1-7-27-19(14)18(10-13)16-6-5-15(12-30-22(25)26)20-17(16)4-2-8-28-20/h1-10H,11-12H2,(H3,23,24)(H3,25,26). The molecule has 0 atom stereocenters. The van der Waals surface area contributed by atoms with Crippen LogP contribution in [0.4, 0.5) is 0 Å². The summed E-state index contributed by atoms with van der Waals surface area (Å²) in [5.74, 6) is 1.22. The van der Waals surface area contributed by atoms with Crippen LogP contribution in [-0.4, -0.2) is 20.3 Å². The van der Waals surface area contributed by atoms with Crippen LogP contribution in [0.25, 0.3) is 32.9 Å². The summed E-state index contributed by atoms with van der Waals surface area (Å²) < 4.78 is 0. The molecule has 4 rings (SSSR count). The average molecular weight is 433 g/mol. The summed E-state index contributed by atoms with van der Waals surface area (Å²) >= 11 is 2.60. The maximum absolute atomic E-state index is 7.52. The van der Waals surface area contributed by atoms with Crippen LogP contribution in [0.1, 0.15) is 11.1 Å². The van der Waals surface area contributed by atoms with Crippen LogP contribution in [0.15, 0.2) is 60.9 Å². The van der Waals surface area contributed by atoms with Gasteiger partial charge in [-0.15, -0.1) is 0 Å². The topological polar surface area (TPSA) is 126 Å². The zero-order chi connectivity index (χ0) is 21.1. The first kappa shape index (κ1) is 20.2. The van der Waals surface area contributed by atoms with Gasteiger partial charge in [0.1, 0.15) is 0 Å². The normalized spacial score (nSPS) is 11.1. The van der Waals surface area contributed by atoms with E-state index in [1.165, 1.54) is 23.5 Å². The zero-order valence-electron chi connectivity index (χ0n) is 16.1. The van der Waals surface area contributed by atoms with Gasteiger partial charge in [-0.2, -0.15) is 0 Å². The number of fused-ring (bicyclic) bond motifs is 2. The number of benzene rings is 2. The molecule has 6 nitrogen and oxygen atoms in total. The molecule has 0 spiro atoms. The highest BCUT2D eigenvalue weighted by Crippen LogP contribution is 2.36. The molecule has 0 radical (unpaired) electrons. The summed E-state index contributed by atoms with van der Waals surface area (Å²) in [6, 6.07) is 16.3. The molecule has 0 bridgehead atoms. The number of rotatable bonds is 5. The average Bonchev–Trinajstić information content (AvgIpc) is 2.75. The Morgan fingerprint density at radius 2 is 1.50 bits per heavy atom. The lowest BCUT2D eigenvalue weighted by atomic mass is 9.95. The molecule has 2 aromatic carbocycles. The van der Waals surface area contributed by atoms with Crippen LogP contribution in [0.5, 0.6) is 0 Å². The zero-order valence-corrected chi connectivity index (χ0v) is 17.7. The van der Waals surface area contributed by atoms with E-state index in [4.69, 9.17) is 22.3 Å². The van der Waals surface area contributed by atoms with Gasteiger partial charge in [0.25, 0.3) is 0 Å². The summed E-state index contributed by atoms with van der Waals surface area (Å²) in [6.45, 7) is 0. The van der Waals surface area contributed by atoms with Gasteiger partial charge in [-0.05, 0) is 41.0 Å². The molecule has 8 heteroatoms. The van der Waals surface area contributed by atoms with Gasteiger partial charge in [-0.3, -0.25) is 20.8 Å². The Kier molecular flexibility index (Phi) is 5.87. The number of nitrogens with zero attached hydrogens (tertiary/aromatic N) is 2. The Labute approximate surface area is 182 Å². The highest BCUT2D eigenvalue weighted by atomic mass is 32.2. The molecule has 2 heterocycles. The van der Waals surface area contributed by atoms with Gasteiger partial charge in [0.05, 0.1) is 11.0 Å². The van der Waals surface area contributed by atoms with Crippen LogP contribution in [0.2, 0.25) is 0 Å². The number of thioether (sulfide) groups is 2. The van der Waals surface area contributed by atoms with E-state index in [1.54, 1.807) is 12.4 Å². The monoisotopic (exact) mass is 432 g/mol. The van der Waals surface area contributed by atoms with Crippen molar-refractivity contribution in [2.75, 3.05) is 0 Å². The minimum Gasteiger partial charge on any atom is -0.379 e. The number of pyridine rings is 2. The highest BCUT2D eigenvalue weighted by Gasteiger charge is 2.14. The van der Waals surface area contributed by atoms with Gasteiger partial charge in [-0.1, -0.05) is 47.8 Å². The largest absolute Gasteiger partial charge is 0.379 e. The van der Waals surface area contributed by atoms with Gasteiger partial charge in [0.15, 0.2) is 10.3 Å². The lowest BCUT2D eigenvalue weighted by molar-refractivity contribution is 1.34. The molecule has 0 fully saturated rings. The van der Waals surface area contributed by atoms with Crippen molar-refractivity contribution >= 4 is 55.7 Å². The smallest absolute Gasteiger partial charge is 0.151 e. The number of hydrogen-bond donors (Lipinski definition) is 4. The van der Waals surface area contributed by atoms with E-state index in [0.717, 1.165) is 44.1 Å². The molecule has 0 aliphatic heterocycles. The lowest BCUT2D eigenvalue weighted by Crippen LogP contribution is -2.04. The van der Waals surface area contributed by atoms with Gasteiger partial charge in [-0.25, -0.2) is 0 Å². The fourth-order valence-corrected chi connectivity index (χ4v) is 4.47. The first-order chi connectivity index (χ1) is 14.5. The van der Waals surface area contributed by atoms with Crippen molar-refractivity contribution in [3.05, 3.63) is 72.1 Å². The summed E-state index contributed by atoms with van der Waals surface area (Å²) in [4.78, 5) is 9.25. The van der Waals surface area contributed by atoms with E-state index in [2.05, 4.69) is 34.2 Å². The summed E-state index contributed by atoms with van der Waals surface area (Å²) in [6.07, 6.45) is 3.58. The van der Waals surface area contributed by atoms with E-state index in [9.17, 15) is 0 Å². The Morgan fingerprint density at radius 1 is 0.800 bits per heavy atom. The SMILES string of the molecule is N=C(N)SCc1cc(-c2ccc(CSC(=N)N)c3ncccc23)c2ncccc2c1. The van der Waals surface area contributed by atoms with Crippen molar-refractivity contribution < 1.29 is 0 Å². The first-order valence-electron chi connectivity index (χ1n) is 9.21. The van der Waals surface area contributed by atoms with Crippen LogP contribution in [-0.2, 0) is 11.5 Å². The molecule has 6 N–H and O–H groups in total. The fraction of sp³-hybridized carbons (Fsp3) is 0.0909. The molecule has 0 aliphatic carbocycles. The molecular formula is C22H20N6S2. The number of amidine groups is 2. The van der Waals surface area contributed by atoms with Crippen molar-refractivity contribution in [3.8, 4) is 11.1 Å². The maximum atomic E-state index is 7.52. The van der Waals surface area contributed by atoms with Crippen molar-refractivity contribution in [2.24, 2.45) is 11.5 Å². The van der Waals surface area contributed by atoms with Gasteiger partial charge in [0, 0.05) is 40.2 Å². The Morgan fingerprint density at radius 3 is 2.27 bits per heavy atom. The quantitative estimate of drug-likeness (QED) is 0.267. The highest BCUT2D eigenvalue weighted by molar-refractivity contribution is 8.13. The molecule has 0 saturated heterocycles. The summed E-state index contributed by atoms with van der Waals surface area (Å²) in [5.41, 5.74) is 17.1. The van der Waals surface area contributed by atoms with Crippen molar-refractivity contribution in [1.29, 1.82) is 10.8 Å². The molecule has 0 unspecified atom stereocenters. The van der Waals surface area contributed by atoms with E-state index < -0.39 is 0 Å². The summed E-state index contributed by atoms with van der Waals surface area (Å²) in [7, 11) is 0. The maximum Gasteiger partial charge on any atom is 0.151 e. The van der Waals surface area contributed by atoms with Crippen molar-refractivity contribution in [3.63, 3.8) is 0 Å². The van der Waals surface area contributed by atoms with E-state index in [1.807, 2.05) is 24.3 Å². The number of aromatic nitrogens is 2. The Balaban J connectivity index is 1.90. The van der Waals surface area contributed by atoms with E-state index in [-0.39, 0.29) is 10.3 Å². The minimum absolute atomic E-state index is 0.0917. The molecule has 30 heavy (non-hydrogen) atoms. The lowest BCUT2D eigenvalue weighted by Gasteiger charge is -2.14. The first-order valence-corrected chi connectivity index (χ1v) is 11.2.